The Bertz CT molecular complexity index is 719. The van der Waals surface area contributed by atoms with Crippen molar-refractivity contribution in [2.45, 2.75) is 65.0 Å². The minimum atomic E-state index is -0.519. The Morgan fingerprint density at radius 1 is 1.32 bits per heavy atom. The summed E-state index contributed by atoms with van der Waals surface area (Å²) < 4.78 is 5.42. The molecule has 2 N–H and O–H groups in total. The van der Waals surface area contributed by atoms with E-state index in [0.29, 0.717) is 11.8 Å². The van der Waals surface area contributed by atoms with Crippen molar-refractivity contribution >= 4 is 28.7 Å². The molecule has 2 rings (SSSR count). The number of hydrogen-bond acceptors (Lipinski definition) is 3. The van der Waals surface area contributed by atoms with Gasteiger partial charge < -0.3 is 15.0 Å². The van der Waals surface area contributed by atoms with Crippen LogP contribution in [0.4, 0.5) is 4.79 Å². The Hall–Kier alpha value is -1.75. The Morgan fingerprint density at radius 3 is 2.64 bits per heavy atom. The van der Waals surface area contributed by atoms with E-state index in [1.54, 1.807) is 0 Å². The van der Waals surface area contributed by atoms with E-state index < -0.39 is 11.7 Å². The second-order valence-electron chi connectivity index (χ2n) is 7.76. The molecule has 1 aromatic carbocycles. The molecule has 1 atom stereocenters. The standard InChI is InChI=1S/C19H28ClN3O2/c1-12(2)6-8-14(23-18(24)25-19(3,4)5)13-7-9-15-16(10-13)22-17(11-20)21-15/h7,9-10,12,14H,6,8,11H2,1-5H3,(H,21,22)(H,23,24). The largest absolute Gasteiger partial charge is 0.444 e. The number of ether oxygens (including phenoxy) is 1. The van der Waals surface area contributed by atoms with Crippen LogP contribution in [0.3, 0.4) is 0 Å². The summed E-state index contributed by atoms with van der Waals surface area (Å²) in [5.74, 6) is 1.64. The molecule has 5 nitrogen and oxygen atoms in total. The third-order valence-corrected chi connectivity index (χ3v) is 4.06. The predicted molar refractivity (Wildman–Crippen MR) is 102 cm³/mol. The molecule has 0 aliphatic heterocycles. The lowest BCUT2D eigenvalue weighted by Crippen LogP contribution is -2.35. The summed E-state index contributed by atoms with van der Waals surface area (Å²) in [4.78, 5) is 19.9. The predicted octanol–water partition coefficient (Wildman–Crippen LogP) is 5.30. The van der Waals surface area contributed by atoms with Crippen LogP contribution in [0.25, 0.3) is 11.0 Å². The number of halogens is 1. The van der Waals surface area contributed by atoms with E-state index in [4.69, 9.17) is 16.3 Å². The van der Waals surface area contributed by atoms with Crippen molar-refractivity contribution in [2.24, 2.45) is 5.92 Å². The zero-order chi connectivity index (χ0) is 18.6. The number of amides is 1. The summed E-state index contributed by atoms with van der Waals surface area (Å²) in [5.41, 5.74) is 2.31. The maximum Gasteiger partial charge on any atom is 0.408 e. The molecule has 1 aromatic heterocycles. The number of hydrogen-bond donors (Lipinski definition) is 2. The second kappa shape index (κ2) is 8.09. The van der Waals surface area contributed by atoms with Crippen LogP contribution < -0.4 is 5.32 Å². The van der Waals surface area contributed by atoms with Crippen molar-refractivity contribution in [1.29, 1.82) is 0 Å². The average Bonchev–Trinajstić information content (AvgIpc) is 2.91. The summed E-state index contributed by atoms with van der Waals surface area (Å²) in [7, 11) is 0. The first-order valence-electron chi connectivity index (χ1n) is 8.72. The molecule has 0 saturated carbocycles. The van der Waals surface area contributed by atoms with Gasteiger partial charge in [0.2, 0.25) is 0 Å². The molecule has 1 unspecified atom stereocenters. The molecule has 1 amide bonds. The van der Waals surface area contributed by atoms with Crippen LogP contribution in [0.2, 0.25) is 0 Å². The zero-order valence-corrected chi connectivity index (χ0v) is 16.4. The number of H-pyrrole nitrogens is 1. The molecule has 0 spiro atoms. The van der Waals surface area contributed by atoms with E-state index in [0.717, 1.165) is 35.3 Å². The molecule has 0 bridgehead atoms. The van der Waals surface area contributed by atoms with Gasteiger partial charge in [-0.05, 0) is 57.2 Å². The van der Waals surface area contributed by atoms with Gasteiger partial charge in [-0.15, -0.1) is 11.6 Å². The number of fused-ring (bicyclic) bond motifs is 1. The van der Waals surface area contributed by atoms with Gasteiger partial charge in [-0.25, -0.2) is 9.78 Å². The highest BCUT2D eigenvalue weighted by Gasteiger charge is 2.21. The molecular weight excluding hydrogens is 338 g/mol. The van der Waals surface area contributed by atoms with E-state index in [1.165, 1.54) is 0 Å². The first-order valence-corrected chi connectivity index (χ1v) is 9.25. The van der Waals surface area contributed by atoms with E-state index in [9.17, 15) is 4.79 Å². The maximum absolute atomic E-state index is 12.2. The number of carbonyl (C=O) groups excluding carboxylic acids is 1. The fraction of sp³-hybridized carbons (Fsp3) is 0.579. The highest BCUT2D eigenvalue weighted by Crippen LogP contribution is 2.25. The number of nitrogens with one attached hydrogen (secondary N) is 2. The first-order chi connectivity index (χ1) is 11.7. The Kier molecular flexibility index (Phi) is 6.33. The number of carbonyl (C=O) groups is 1. The summed E-state index contributed by atoms with van der Waals surface area (Å²) in [6.45, 7) is 9.94. The molecule has 0 radical (unpaired) electrons. The van der Waals surface area contributed by atoms with Crippen molar-refractivity contribution in [2.75, 3.05) is 0 Å². The van der Waals surface area contributed by atoms with Gasteiger partial charge in [0.1, 0.15) is 11.4 Å². The number of imidazole rings is 1. The van der Waals surface area contributed by atoms with Crippen molar-refractivity contribution in [3.05, 3.63) is 29.6 Å². The van der Waals surface area contributed by atoms with E-state index >= 15 is 0 Å². The molecular formula is C19H28ClN3O2. The van der Waals surface area contributed by atoms with Crippen LogP contribution in [0.5, 0.6) is 0 Å². The molecule has 25 heavy (non-hydrogen) atoms. The monoisotopic (exact) mass is 365 g/mol. The van der Waals surface area contributed by atoms with Crippen LogP contribution in [0.1, 0.15) is 64.9 Å². The van der Waals surface area contributed by atoms with Crippen molar-refractivity contribution in [1.82, 2.24) is 15.3 Å². The van der Waals surface area contributed by atoms with Crippen LogP contribution in [-0.4, -0.2) is 21.7 Å². The molecule has 6 heteroatoms. The van der Waals surface area contributed by atoms with Gasteiger partial charge in [-0.1, -0.05) is 19.9 Å². The normalized spacial score (nSPS) is 13.2. The topological polar surface area (TPSA) is 67.0 Å². The van der Waals surface area contributed by atoms with Crippen LogP contribution >= 0.6 is 11.6 Å². The minimum Gasteiger partial charge on any atom is -0.444 e. The van der Waals surface area contributed by atoms with Gasteiger partial charge in [0.15, 0.2) is 0 Å². The summed E-state index contributed by atoms with van der Waals surface area (Å²) in [5, 5.41) is 3.01. The molecule has 0 fully saturated rings. The highest BCUT2D eigenvalue weighted by molar-refractivity contribution is 6.16. The number of alkyl carbamates (subject to hydrolysis) is 1. The molecule has 138 valence electrons. The number of rotatable bonds is 6. The lowest BCUT2D eigenvalue weighted by atomic mass is 9.97. The SMILES string of the molecule is CC(C)CCC(NC(=O)OC(C)(C)C)c1ccc2nc(CCl)[nH]c2c1. The zero-order valence-electron chi connectivity index (χ0n) is 15.6. The third-order valence-electron chi connectivity index (χ3n) is 3.81. The Labute approximate surface area is 154 Å². The fourth-order valence-corrected chi connectivity index (χ4v) is 2.76. The first kappa shape index (κ1) is 19.6. The van der Waals surface area contributed by atoms with Crippen molar-refractivity contribution in [3.8, 4) is 0 Å². The number of aromatic nitrogens is 2. The summed E-state index contributed by atoms with van der Waals surface area (Å²) in [6.07, 6.45) is 1.46. The van der Waals surface area contributed by atoms with Crippen LogP contribution in [-0.2, 0) is 10.6 Å². The van der Waals surface area contributed by atoms with E-state index in [2.05, 4.69) is 29.1 Å². The van der Waals surface area contributed by atoms with Gasteiger partial charge in [0, 0.05) is 0 Å². The Balaban J connectivity index is 2.22. The number of benzene rings is 1. The van der Waals surface area contributed by atoms with Crippen LogP contribution in [0.15, 0.2) is 18.2 Å². The average molecular weight is 366 g/mol. The van der Waals surface area contributed by atoms with E-state index in [1.807, 2.05) is 39.0 Å². The fourth-order valence-electron chi connectivity index (χ4n) is 2.63. The number of aromatic amines is 1. The smallest absolute Gasteiger partial charge is 0.408 e. The van der Waals surface area contributed by atoms with Gasteiger partial charge >= 0.3 is 6.09 Å². The Morgan fingerprint density at radius 2 is 2.04 bits per heavy atom. The van der Waals surface area contributed by atoms with Crippen molar-refractivity contribution < 1.29 is 9.53 Å². The summed E-state index contributed by atoms with van der Waals surface area (Å²) in [6, 6.07) is 5.88. The van der Waals surface area contributed by atoms with Crippen molar-refractivity contribution in [3.63, 3.8) is 0 Å². The molecule has 0 aliphatic carbocycles. The highest BCUT2D eigenvalue weighted by atomic mass is 35.5. The molecule has 0 saturated heterocycles. The van der Waals surface area contributed by atoms with Gasteiger partial charge in [-0.3, -0.25) is 0 Å². The second-order valence-corrected chi connectivity index (χ2v) is 8.03. The molecule has 2 aromatic rings. The van der Waals surface area contributed by atoms with Gasteiger partial charge in [-0.2, -0.15) is 0 Å². The quantitative estimate of drug-likeness (QED) is 0.682. The molecule has 1 heterocycles. The van der Waals surface area contributed by atoms with Crippen LogP contribution in [0, 0.1) is 5.92 Å². The van der Waals surface area contributed by atoms with Gasteiger partial charge in [0.05, 0.1) is 23.0 Å². The lowest BCUT2D eigenvalue weighted by molar-refractivity contribution is 0.0499. The third kappa shape index (κ3) is 5.92. The molecule has 0 aliphatic rings. The lowest BCUT2D eigenvalue weighted by Gasteiger charge is -2.24. The van der Waals surface area contributed by atoms with E-state index in [-0.39, 0.29) is 6.04 Å². The summed E-state index contributed by atoms with van der Waals surface area (Å²) >= 11 is 5.85. The number of alkyl halides is 1. The maximum atomic E-state index is 12.2. The van der Waals surface area contributed by atoms with Gasteiger partial charge in [0.25, 0.3) is 0 Å². The number of nitrogens with zero attached hydrogens (tertiary/aromatic N) is 1. The minimum absolute atomic E-state index is 0.107.